The fourth-order valence-electron chi connectivity index (χ4n) is 2.92. The van der Waals surface area contributed by atoms with Crippen molar-refractivity contribution in [1.29, 1.82) is 0 Å². The first-order valence-corrected chi connectivity index (χ1v) is 8.57. The van der Waals surface area contributed by atoms with E-state index in [4.69, 9.17) is 14.2 Å². The van der Waals surface area contributed by atoms with Gasteiger partial charge in [-0.1, -0.05) is 18.2 Å². The van der Waals surface area contributed by atoms with E-state index in [9.17, 15) is 4.79 Å². The summed E-state index contributed by atoms with van der Waals surface area (Å²) in [6.07, 6.45) is 4.17. The standard InChI is InChI=1S/C21H23NO4/c1-24-18-10-15(11-19(12-18)25-2)7-8-21(23)22-13-16-9-17-5-3-4-6-20(17)26-14-16/h3-8,10-12,16H,9,13-14H2,1-2H3,(H,22,23)/b8-7+. The van der Waals surface area contributed by atoms with Crippen molar-refractivity contribution in [3.63, 3.8) is 0 Å². The maximum Gasteiger partial charge on any atom is 0.244 e. The zero-order valence-electron chi connectivity index (χ0n) is 15.0. The molecule has 2 aromatic carbocycles. The van der Waals surface area contributed by atoms with E-state index in [1.54, 1.807) is 26.4 Å². The third-order valence-electron chi connectivity index (χ3n) is 4.32. The lowest BCUT2D eigenvalue weighted by Gasteiger charge is -2.25. The lowest BCUT2D eigenvalue weighted by molar-refractivity contribution is -0.116. The van der Waals surface area contributed by atoms with Gasteiger partial charge in [0, 0.05) is 24.6 Å². The molecule has 0 aliphatic carbocycles. The average molecular weight is 353 g/mol. The molecule has 1 unspecified atom stereocenters. The summed E-state index contributed by atoms with van der Waals surface area (Å²) in [6.45, 7) is 1.20. The van der Waals surface area contributed by atoms with Gasteiger partial charge in [0.05, 0.1) is 20.8 Å². The minimum Gasteiger partial charge on any atom is -0.497 e. The number of hydrogen-bond acceptors (Lipinski definition) is 4. The highest BCUT2D eigenvalue weighted by atomic mass is 16.5. The predicted molar refractivity (Wildman–Crippen MR) is 101 cm³/mol. The van der Waals surface area contributed by atoms with Crippen LogP contribution in [0.25, 0.3) is 6.08 Å². The van der Waals surface area contributed by atoms with Crippen LogP contribution >= 0.6 is 0 Å². The second-order valence-corrected chi connectivity index (χ2v) is 6.21. The number of rotatable bonds is 6. The van der Waals surface area contributed by atoms with Crippen LogP contribution in [0.15, 0.2) is 48.5 Å². The zero-order chi connectivity index (χ0) is 18.4. The van der Waals surface area contributed by atoms with Gasteiger partial charge in [-0.05, 0) is 41.8 Å². The van der Waals surface area contributed by atoms with Crippen LogP contribution in [0.1, 0.15) is 11.1 Å². The van der Waals surface area contributed by atoms with Crippen LogP contribution in [0.2, 0.25) is 0 Å². The molecule has 0 saturated heterocycles. The number of para-hydroxylation sites is 1. The molecule has 1 aliphatic heterocycles. The summed E-state index contributed by atoms with van der Waals surface area (Å²) >= 11 is 0. The molecule has 26 heavy (non-hydrogen) atoms. The van der Waals surface area contributed by atoms with Gasteiger partial charge in [0.15, 0.2) is 0 Å². The molecule has 136 valence electrons. The number of amides is 1. The van der Waals surface area contributed by atoms with E-state index in [0.717, 1.165) is 17.7 Å². The van der Waals surface area contributed by atoms with Crippen molar-refractivity contribution in [2.45, 2.75) is 6.42 Å². The molecule has 0 saturated carbocycles. The highest BCUT2D eigenvalue weighted by Crippen LogP contribution is 2.26. The fraction of sp³-hybridized carbons (Fsp3) is 0.286. The number of nitrogens with one attached hydrogen (secondary N) is 1. The lowest BCUT2D eigenvalue weighted by atomic mass is 9.97. The third-order valence-corrected chi connectivity index (χ3v) is 4.32. The summed E-state index contributed by atoms with van der Waals surface area (Å²) in [6, 6.07) is 13.5. The molecule has 0 fully saturated rings. The Balaban J connectivity index is 1.54. The summed E-state index contributed by atoms with van der Waals surface area (Å²) in [5, 5.41) is 2.94. The fourth-order valence-corrected chi connectivity index (χ4v) is 2.92. The molecule has 0 radical (unpaired) electrons. The second kappa shape index (κ2) is 8.43. The Kier molecular flexibility index (Phi) is 5.79. The van der Waals surface area contributed by atoms with E-state index < -0.39 is 0 Å². The first-order valence-electron chi connectivity index (χ1n) is 8.57. The molecule has 1 N–H and O–H groups in total. The topological polar surface area (TPSA) is 56.8 Å². The van der Waals surface area contributed by atoms with E-state index in [1.807, 2.05) is 30.3 Å². The minimum absolute atomic E-state index is 0.134. The van der Waals surface area contributed by atoms with Gasteiger partial charge < -0.3 is 19.5 Å². The molecule has 1 atom stereocenters. The maximum absolute atomic E-state index is 12.1. The van der Waals surface area contributed by atoms with E-state index in [-0.39, 0.29) is 11.8 Å². The van der Waals surface area contributed by atoms with Crippen molar-refractivity contribution in [2.24, 2.45) is 5.92 Å². The SMILES string of the molecule is COc1cc(/C=C/C(=O)NCC2COc3ccccc3C2)cc(OC)c1. The van der Waals surface area contributed by atoms with Crippen LogP contribution < -0.4 is 19.5 Å². The van der Waals surface area contributed by atoms with Crippen LogP contribution in [-0.2, 0) is 11.2 Å². The molecular weight excluding hydrogens is 330 g/mol. The van der Waals surface area contributed by atoms with Gasteiger partial charge in [0.25, 0.3) is 0 Å². The van der Waals surface area contributed by atoms with Gasteiger partial charge in [0.1, 0.15) is 17.2 Å². The van der Waals surface area contributed by atoms with Crippen molar-refractivity contribution in [2.75, 3.05) is 27.4 Å². The highest BCUT2D eigenvalue weighted by molar-refractivity contribution is 5.91. The van der Waals surface area contributed by atoms with E-state index in [1.165, 1.54) is 11.6 Å². The second-order valence-electron chi connectivity index (χ2n) is 6.21. The molecule has 1 aliphatic rings. The zero-order valence-corrected chi connectivity index (χ0v) is 15.0. The largest absolute Gasteiger partial charge is 0.497 e. The lowest BCUT2D eigenvalue weighted by Crippen LogP contribution is -2.33. The summed E-state index contributed by atoms with van der Waals surface area (Å²) in [5.74, 6) is 2.46. The monoisotopic (exact) mass is 353 g/mol. The highest BCUT2D eigenvalue weighted by Gasteiger charge is 2.19. The Hall–Kier alpha value is -2.95. The number of carbonyl (C=O) groups excluding carboxylic acids is 1. The third kappa shape index (κ3) is 4.57. The number of methoxy groups -OCH3 is 2. The van der Waals surface area contributed by atoms with Crippen LogP contribution in [0.4, 0.5) is 0 Å². The first-order chi connectivity index (χ1) is 12.7. The Morgan fingerprint density at radius 3 is 2.65 bits per heavy atom. The van der Waals surface area contributed by atoms with Gasteiger partial charge in [0.2, 0.25) is 5.91 Å². The molecule has 2 aromatic rings. The van der Waals surface area contributed by atoms with Gasteiger partial charge in [-0.25, -0.2) is 0 Å². The number of fused-ring (bicyclic) bond motifs is 1. The van der Waals surface area contributed by atoms with Crippen molar-refractivity contribution in [1.82, 2.24) is 5.32 Å². The van der Waals surface area contributed by atoms with Gasteiger partial charge in [-0.2, -0.15) is 0 Å². The number of hydrogen-bond donors (Lipinski definition) is 1. The molecule has 0 spiro atoms. The molecule has 1 amide bonds. The molecule has 5 nitrogen and oxygen atoms in total. The van der Waals surface area contributed by atoms with Crippen molar-refractivity contribution >= 4 is 12.0 Å². The molecule has 5 heteroatoms. The molecule has 3 rings (SSSR count). The molecule has 1 heterocycles. The number of ether oxygens (including phenoxy) is 3. The van der Waals surface area contributed by atoms with Crippen molar-refractivity contribution in [3.8, 4) is 17.2 Å². The average Bonchev–Trinajstić information content (AvgIpc) is 2.70. The van der Waals surface area contributed by atoms with Crippen molar-refractivity contribution in [3.05, 3.63) is 59.7 Å². The Morgan fingerprint density at radius 2 is 1.92 bits per heavy atom. The van der Waals surface area contributed by atoms with Crippen LogP contribution in [0.5, 0.6) is 17.2 Å². The molecule has 0 aromatic heterocycles. The summed E-state index contributed by atoms with van der Waals surface area (Å²) < 4.78 is 16.2. The number of carbonyl (C=O) groups is 1. The maximum atomic E-state index is 12.1. The van der Waals surface area contributed by atoms with E-state index >= 15 is 0 Å². The normalized spacial score (nSPS) is 15.8. The van der Waals surface area contributed by atoms with E-state index in [2.05, 4.69) is 11.4 Å². The predicted octanol–water partition coefficient (Wildman–Crippen LogP) is 3.08. The van der Waals surface area contributed by atoms with Gasteiger partial charge in [-0.15, -0.1) is 0 Å². The van der Waals surface area contributed by atoms with Gasteiger partial charge >= 0.3 is 0 Å². The van der Waals surface area contributed by atoms with E-state index in [0.29, 0.717) is 24.7 Å². The minimum atomic E-state index is -0.134. The Morgan fingerprint density at radius 1 is 1.19 bits per heavy atom. The smallest absolute Gasteiger partial charge is 0.244 e. The van der Waals surface area contributed by atoms with Crippen LogP contribution in [-0.4, -0.2) is 33.3 Å². The van der Waals surface area contributed by atoms with Gasteiger partial charge in [-0.3, -0.25) is 4.79 Å². The van der Waals surface area contributed by atoms with Crippen LogP contribution in [0.3, 0.4) is 0 Å². The number of benzene rings is 2. The van der Waals surface area contributed by atoms with Crippen molar-refractivity contribution < 1.29 is 19.0 Å². The summed E-state index contributed by atoms with van der Waals surface area (Å²) in [4.78, 5) is 12.1. The summed E-state index contributed by atoms with van der Waals surface area (Å²) in [7, 11) is 3.19. The molecule has 0 bridgehead atoms. The Bertz CT molecular complexity index is 778. The molecular formula is C21H23NO4. The quantitative estimate of drug-likeness (QED) is 0.811. The van der Waals surface area contributed by atoms with Crippen LogP contribution in [0, 0.1) is 5.92 Å². The first kappa shape index (κ1) is 17.9. The summed E-state index contributed by atoms with van der Waals surface area (Å²) in [5.41, 5.74) is 2.03. The Labute approximate surface area is 153 Å².